The molecule has 1 N–H and O–H groups in total. The fourth-order valence-corrected chi connectivity index (χ4v) is 4.86. The van der Waals surface area contributed by atoms with Gasteiger partial charge in [0.05, 0.1) is 17.7 Å². The standard InChI is InChI=1S/C24H25ClN2O4S/c1-18-8-11-20(25)16-23(18)27(32(29,30)22-6-4-3-5-7-22)17-24(28)26-15-14-19-9-12-21(31-2)13-10-19/h3-13,16H,14-15,17H2,1-2H3,(H,26,28). The smallest absolute Gasteiger partial charge is 0.264 e. The number of hydrogen-bond acceptors (Lipinski definition) is 4. The lowest BCUT2D eigenvalue weighted by Gasteiger charge is -2.26. The van der Waals surface area contributed by atoms with Crippen LogP contribution < -0.4 is 14.4 Å². The fourth-order valence-electron chi connectivity index (χ4n) is 3.20. The van der Waals surface area contributed by atoms with E-state index in [4.69, 9.17) is 16.3 Å². The molecule has 0 fully saturated rings. The topological polar surface area (TPSA) is 75.7 Å². The van der Waals surface area contributed by atoms with Gasteiger partial charge in [-0.25, -0.2) is 8.42 Å². The van der Waals surface area contributed by atoms with E-state index >= 15 is 0 Å². The first-order valence-electron chi connectivity index (χ1n) is 10.0. The number of methoxy groups -OCH3 is 1. The van der Waals surface area contributed by atoms with E-state index in [9.17, 15) is 13.2 Å². The maximum absolute atomic E-state index is 13.4. The maximum atomic E-state index is 13.4. The van der Waals surface area contributed by atoms with Gasteiger partial charge in [-0.3, -0.25) is 9.10 Å². The monoisotopic (exact) mass is 472 g/mol. The number of carbonyl (C=O) groups is 1. The highest BCUT2D eigenvalue weighted by Crippen LogP contribution is 2.29. The van der Waals surface area contributed by atoms with Crippen LogP contribution >= 0.6 is 11.6 Å². The Balaban J connectivity index is 1.77. The second kappa shape index (κ2) is 10.5. The number of carbonyl (C=O) groups excluding carboxylic acids is 1. The van der Waals surface area contributed by atoms with Crippen molar-refractivity contribution >= 4 is 33.2 Å². The molecular formula is C24H25ClN2O4S. The van der Waals surface area contributed by atoms with Crippen molar-refractivity contribution in [2.24, 2.45) is 0 Å². The summed E-state index contributed by atoms with van der Waals surface area (Å²) in [5.41, 5.74) is 2.09. The first-order chi connectivity index (χ1) is 15.3. The minimum atomic E-state index is -3.97. The first kappa shape index (κ1) is 23.6. The van der Waals surface area contributed by atoms with E-state index in [-0.39, 0.29) is 11.4 Å². The average Bonchev–Trinajstić information content (AvgIpc) is 2.80. The van der Waals surface area contributed by atoms with Crippen LogP contribution in [-0.4, -0.2) is 34.5 Å². The highest BCUT2D eigenvalue weighted by molar-refractivity contribution is 7.92. The fraction of sp³-hybridized carbons (Fsp3) is 0.208. The molecule has 3 aromatic rings. The van der Waals surface area contributed by atoms with Crippen LogP contribution in [0.15, 0.2) is 77.7 Å². The quantitative estimate of drug-likeness (QED) is 0.506. The zero-order chi connectivity index (χ0) is 23.1. The van der Waals surface area contributed by atoms with Gasteiger partial charge < -0.3 is 10.1 Å². The second-order valence-corrected chi connectivity index (χ2v) is 9.50. The van der Waals surface area contributed by atoms with Gasteiger partial charge in [-0.15, -0.1) is 0 Å². The highest BCUT2D eigenvalue weighted by Gasteiger charge is 2.28. The summed E-state index contributed by atoms with van der Waals surface area (Å²) in [5.74, 6) is 0.355. The molecular weight excluding hydrogens is 448 g/mol. The van der Waals surface area contributed by atoms with Crippen LogP contribution in [0, 0.1) is 6.92 Å². The summed E-state index contributed by atoms with van der Waals surface area (Å²) < 4.78 is 33.0. The minimum absolute atomic E-state index is 0.102. The van der Waals surface area contributed by atoms with Gasteiger partial charge in [0.2, 0.25) is 5.91 Å². The zero-order valence-electron chi connectivity index (χ0n) is 17.9. The summed E-state index contributed by atoms with van der Waals surface area (Å²) in [6, 6.07) is 20.6. The van der Waals surface area contributed by atoms with Crippen LogP contribution in [0.2, 0.25) is 5.02 Å². The molecule has 0 aliphatic carbocycles. The molecule has 6 nitrogen and oxygen atoms in total. The number of anilines is 1. The van der Waals surface area contributed by atoms with Gasteiger partial charge in [0.25, 0.3) is 10.0 Å². The van der Waals surface area contributed by atoms with Gasteiger partial charge in [0.15, 0.2) is 0 Å². The van der Waals surface area contributed by atoms with Gasteiger partial charge in [-0.1, -0.05) is 48.0 Å². The third-order valence-corrected chi connectivity index (χ3v) is 6.96. The average molecular weight is 473 g/mol. The van der Waals surface area contributed by atoms with Crippen molar-refractivity contribution < 1.29 is 17.9 Å². The molecule has 0 aliphatic rings. The number of aryl methyl sites for hydroxylation is 1. The Hall–Kier alpha value is -3.03. The number of nitrogens with one attached hydrogen (secondary N) is 1. The lowest BCUT2D eigenvalue weighted by molar-refractivity contribution is -0.119. The molecule has 0 unspecified atom stereocenters. The van der Waals surface area contributed by atoms with E-state index < -0.39 is 15.9 Å². The molecule has 3 rings (SSSR count). The summed E-state index contributed by atoms with van der Waals surface area (Å²) in [4.78, 5) is 12.8. The molecule has 0 radical (unpaired) electrons. The molecule has 0 spiro atoms. The largest absolute Gasteiger partial charge is 0.497 e. The van der Waals surface area contributed by atoms with Crippen LogP contribution in [0.5, 0.6) is 5.75 Å². The summed E-state index contributed by atoms with van der Waals surface area (Å²) in [7, 11) is -2.37. The van der Waals surface area contributed by atoms with Crippen molar-refractivity contribution in [3.8, 4) is 5.75 Å². The van der Waals surface area contributed by atoms with Gasteiger partial charge in [0.1, 0.15) is 12.3 Å². The summed E-state index contributed by atoms with van der Waals surface area (Å²) in [6.45, 7) is 1.79. The summed E-state index contributed by atoms with van der Waals surface area (Å²) in [5, 5.41) is 3.20. The predicted octanol–water partition coefficient (Wildman–Crippen LogP) is 4.21. The Morgan fingerprint density at radius 1 is 1.03 bits per heavy atom. The molecule has 8 heteroatoms. The van der Waals surface area contributed by atoms with Crippen LogP contribution in [0.3, 0.4) is 0 Å². The molecule has 0 bridgehead atoms. The number of benzene rings is 3. The first-order valence-corrected chi connectivity index (χ1v) is 11.9. The van der Waals surface area contributed by atoms with Crippen molar-refractivity contribution in [2.45, 2.75) is 18.2 Å². The van der Waals surface area contributed by atoms with E-state index in [2.05, 4.69) is 5.32 Å². The molecule has 3 aromatic carbocycles. The van der Waals surface area contributed by atoms with Gasteiger partial charge in [-0.2, -0.15) is 0 Å². The van der Waals surface area contributed by atoms with Crippen LogP contribution in [0.1, 0.15) is 11.1 Å². The zero-order valence-corrected chi connectivity index (χ0v) is 19.5. The third-order valence-electron chi connectivity index (χ3n) is 4.95. The Kier molecular flexibility index (Phi) is 7.77. The molecule has 168 valence electrons. The van der Waals surface area contributed by atoms with Gasteiger partial charge in [-0.05, 0) is 60.9 Å². The maximum Gasteiger partial charge on any atom is 0.264 e. The van der Waals surface area contributed by atoms with E-state index in [0.717, 1.165) is 15.6 Å². The SMILES string of the molecule is COc1ccc(CCNC(=O)CN(c2cc(Cl)ccc2C)S(=O)(=O)c2ccccc2)cc1. The molecule has 0 saturated heterocycles. The van der Waals surface area contributed by atoms with Crippen molar-refractivity contribution in [1.82, 2.24) is 5.32 Å². The van der Waals surface area contributed by atoms with Crippen LogP contribution in [0.4, 0.5) is 5.69 Å². The van der Waals surface area contributed by atoms with Crippen molar-refractivity contribution in [2.75, 3.05) is 24.5 Å². The lowest BCUT2D eigenvalue weighted by atomic mass is 10.1. The normalized spacial score (nSPS) is 11.1. The minimum Gasteiger partial charge on any atom is -0.497 e. The third kappa shape index (κ3) is 5.81. The number of halogens is 1. The molecule has 0 atom stereocenters. The summed E-state index contributed by atoms with van der Waals surface area (Å²) >= 11 is 6.14. The number of amides is 1. The number of nitrogens with zero attached hydrogens (tertiary/aromatic N) is 1. The number of rotatable bonds is 9. The lowest BCUT2D eigenvalue weighted by Crippen LogP contribution is -2.41. The number of hydrogen-bond donors (Lipinski definition) is 1. The van der Waals surface area contributed by atoms with Crippen LogP contribution in [0.25, 0.3) is 0 Å². The van der Waals surface area contributed by atoms with E-state index in [1.54, 1.807) is 50.4 Å². The number of sulfonamides is 1. The molecule has 1 amide bonds. The van der Waals surface area contributed by atoms with Crippen molar-refractivity contribution in [1.29, 1.82) is 0 Å². The molecule has 0 aliphatic heterocycles. The van der Waals surface area contributed by atoms with Gasteiger partial charge >= 0.3 is 0 Å². The number of ether oxygens (including phenoxy) is 1. The van der Waals surface area contributed by atoms with Crippen molar-refractivity contribution in [3.63, 3.8) is 0 Å². The Labute approximate surface area is 193 Å². The predicted molar refractivity (Wildman–Crippen MR) is 127 cm³/mol. The van der Waals surface area contributed by atoms with E-state index in [1.807, 2.05) is 24.3 Å². The molecule has 0 heterocycles. The van der Waals surface area contributed by atoms with Crippen LogP contribution in [-0.2, 0) is 21.2 Å². The molecule has 32 heavy (non-hydrogen) atoms. The highest BCUT2D eigenvalue weighted by atomic mass is 35.5. The Bertz CT molecular complexity index is 1170. The Morgan fingerprint density at radius 2 is 1.72 bits per heavy atom. The molecule has 0 aromatic heterocycles. The van der Waals surface area contributed by atoms with Crippen molar-refractivity contribution in [3.05, 3.63) is 88.9 Å². The van der Waals surface area contributed by atoms with E-state index in [1.165, 1.54) is 12.1 Å². The Morgan fingerprint density at radius 3 is 2.38 bits per heavy atom. The van der Waals surface area contributed by atoms with E-state index in [0.29, 0.717) is 29.2 Å². The van der Waals surface area contributed by atoms with Gasteiger partial charge in [0, 0.05) is 11.6 Å². The molecule has 0 saturated carbocycles. The summed E-state index contributed by atoms with van der Waals surface area (Å²) in [6.07, 6.45) is 0.608. The second-order valence-electron chi connectivity index (χ2n) is 7.20.